The Morgan fingerprint density at radius 3 is 3.00 bits per heavy atom. The number of nitrogens with one attached hydrogen (secondary N) is 1. The Balaban J connectivity index is 2.09. The van der Waals surface area contributed by atoms with Gasteiger partial charge in [0.05, 0.1) is 20.3 Å². The number of nitrogens with two attached hydrogens (primary N) is 1. The fourth-order valence-corrected chi connectivity index (χ4v) is 2.50. The zero-order valence-electron chi connectivity index (χ0n) is 11.8. The molecule has 1 aromatic carbocycles. The second kappa shape index (κ2) is 6.89. The monoisotopic (exact) mass is 264 g/mol. The summed E-state index contributed by atoms with van der Waals surface area (Å²) >= 11 is 0. The SMILES string of the molecule is CCc1ccc(OC)c(C(N)CC2COCCN2)c1. The predicted octanol–water partition coefficient (Wildman–Crippen LogP) is 1.64. The van der Waals surface area contributed by atoms with Crippen molar-refractivity contribution in [1.29, 1.82) is 0 Å². The van der Waals surface area contributed by atoms with Gasteiger partial charge in [0.15, 0.2) is 0 Å². The van der Waals surface area contributed by atoms with E-state index in [2.05, 4.69) is 24.4 Å². The molecular formula is C15H24N2O2. The maximum absolute atomic E-state index is 6.35. The predicted molar refractivity (Wildman–Crippen MR) is 76.5 cm³/mol. The first-order valence-electron chi connectivity index (χ1n) is 6.98. The molecule has 3 N–H and O–H groups in total. The Morgan fingerprint density at radius 1 is 1.53 bits per heavy atom. The van der Waals surface area contributed by atoms with Crippen molar-refractivity contribution in [1.82, 2.24) is 5.32 Å². The summed E-state index contributed by atoms with van der Waals surface area (Å²) in [7, 11) is 1.69. The Labute approximate surface area is 115 Å². The van der Waals surface area contributed by atoms with Crippen molar-refractivity contribution in [2.45, 2.75) is 31.8 Å². The van der Waals surface area contributed by atoms with Gasteiger partial charge in [-0.3, -0.25) is 0 Å². The molecule has 0 bridgehead atoms. The molecule has 1 fully saturated rings. The smallest absolute Gasteiger partial charge is 0.123 e. The van der Waals surface area contributed by atoms with Crippen molar-refractivity contribution in [3.05, 3.63) is 29.3 Å². The van der Waals surface area contributed by atoms with Crippen LogP contribution in [0.1, 0.15) is 30.5 Å². The Bertz CT molecular complexity index is 403. The van der Waals surface area contributed by atoms with E-state index in [1.165, 1.54) is 5.56 Å². The summed E-state index contributed by atoms with van der Waals surface area (Å²) < 4.78 is 10.9. The Hall–Kier alpha value is -1.10. The first-order valence-corrected chi connectivity index (χ1v) is 6.98. The summed E-state index contributed by atoms with van der Waals surface area (Å²) in [6.45, 7) is 4.58. The lowest BCUT2D eigenvalue weighted by molar-refractivity contribution is 0.0719. The van der Waals surface area contributed by atoms with Crippen LogP contribution in [0.3, 0.4) is 0 Å². The highest BCUT2D eigenvalue weighted by atomic mass is 16.5. The number of ether oxygens (including phenoxy) is 2. The fourth-order valence-electron chi connectivity index (χ4n) is 2.50. The van der Waals surface area contributed by atoms with Crippen molar-refractivity contribution in [3.63, 3.8) is 0 Å². The summed E-state index contributed by atoms with van der Waals surface area (Å²) in [5.41, 5.74) is 8.73. The maximum Gasteiger partial charge on any atom is 0.123 e. The topological polar surface area (TPSA) is 56.5 Å². The molecule has 1 aromatic rings. The third-order valence-electron chi connectivity index (χ3n) is 3.64. The van der Waals surface area contributed by atoms with Gasteiger partial charge >= 0.3 is 0 Å². The van der Waals surface area contributed by atoms with Gasteiger partial charge < -0.3 is 20.5 Å². The lowest BCUT2D eigenvalue weighted by atomic mass is 9.96. The zero-order valence-corrected chi connectivity index (χ0v) is 11.8. The van der Waals surface area contributed by atoms with Crippen LogP contribution in [-0.2, 0) is 11.2 Å². The largest absolute Gasteiger partial charge is 0.496 e. The average Bonchev–Trinajstić information content (AvgIpc) is 2.47. The molecule has 1 saturated heterocycles. The van der Waals surface area contributed by atoms with Gasteiger partial charge in [-0.15, -0.1) is 0 Å². The quantitative estimate of drug-likeness (QED) is 0.849. The van der Waals surface area contributed by atoms with Gasteiger partial charge in [-0.1, -0.05) is 19.1 Å². The van der Waals surface area contributed by atoms with Crippen molar-refractivity contribution < 1.29 is 9.47 Å². The van der Waals surface area contributed by atoms with E-state index in [9.17, 15) is 0 Å². The standard InChI is InChI=1S/C15H24N2O2/c1-3-11-4-5-15(18-2)13(8-11)14(16)9-12-10-19-7-6-17-12/h4-5,8,12,14,17H,3,6-7,9-10,16H2,1-2H3. The minimum absolute atomic E-state index is 0.0272. The third-order valence-corrected chi connectivity index (χ3v) is 3.64. The minimum Gasteiger partial charge on any atom is -0.496 e. The molecule has 0 amide bonds. The third kappa shape index (κ3) is 3.69. The zero-order chi connectivity index (χ0) is 13.7. The van der Waals surface area contributed by atoms with Gasteiger partial charge in [-0.25, -0.2) is 0 Å². The van der Waals surface area contributed by atoms with E-state index in [0.29, 0.717) is 6.04 Å². The lowest BCUT2D eigenvalue weighted by Crippen LogP contribution is -2.42. The lowest BCUT2D eigenvalue weighted by Gasteiger charge is -2.27. The number of methoxy groups -OCH3 is 1. The molecule has 0 aromatic heterocycles. The molecule has 0 spiro atoms. The van der Waals surface area contributed by atoms with E-state index in [-0.39, 0.29) is 6.04 Å². The van der Waals surface area contributed by atoms with Gasteiger partial charge in [0.25, 0.3) is 0 Å². The van der Waals surface area contributed by atoms with Gasteiger partial charge in [0.1, 0.15) is 5.75 Å². The van der Waals surface area contributed by atoms with Gasteiger partial charge in [0, 0.05) is 24.2 Å². The van der Waals surface area contributed by atoms with Gasteiger partial charge in [-0.2, -0.15) is 0 Å². The normalized spacial score (nSPS) is 21.1. The highest BCUT2D eigenvalue weighted by Gasteiger charge is 2.20. The number of rotatable bonds is 5. The summed E-state index contributed by atoms with van der Waals surface area (Å²) in [6, 6.07) is 6.57. The van der Waals surface area contributed by atoms with E-state index in [1.807, 2.05) is 6.07 Å². The molecule has 0 saturated carbocycles. The molecule has 2 rings (SSSR count). The molecule has 2 unspecified atom stereocenters. The molecule has 19 heavy (non-hydrogen) atoms. The van der Waals surface area contributed by atoms with E-state index in [4.69, 9.17) is 15.2 Å². The molecule has 2 atom stereocenters. The Kier molecular flexibility index (Phi) is 5.19. The molecule has 1 aliphatic heterocycles. The van der Waals surface area contributed by atoms with E-state index < -0.39 is 0 Å². The van der Waals surface area contributed by atoms with Crippen molar-refractivity contribution in [2.24, 2.45) is 5.73 Å². The van der Waals surface area contributed by atoms with E-state index in [1.54, 1.807) is 7.11 Å². The summed E-state index contributed by atoms with van der Waals surface area (Å²) in [5, 5.41) is 3.44. The molecule has 4 nitrogen and oxygen atoms in total. The number of hydrogen-bond donors (Lipinski definition) is 2. The van der Waals surface area contributed by atoms with Crippen LogP contribution in [0.2, 0.25) is 0 Å². The van der Waals surface area contributed by atoms with Crippen LogP contribution >= 0.6 is 0 Å². The van der Waals surface area contributed by atoms with Crippen molar-refractivity contribution >= 4 is 0 Å². The van der Waals surface area contributed by atoms with Crippen LogP contribution in [0.25, 0.3) is 0 Å². The summed E-state index contributed by atoms with van der Waals surface area (Å²) in [6.07, 6.45) is 1.87. The average molecular weight is 264 g/mol. The van der Waals surface area contributed by atoms with Crippen molar-refractivity contribution in [2.75, 3.05) is 26.9 Å². The molecule has 106 valence electrons. The number of hydrogen-bond acceptors (Lipinski definition) is 4. The number of benzene rings is 1. The Morgan fingerprint density at radius 2 is 2.37 bits per heavy atom. The fraction of sp³-hybridized carbons (Fsp3) is 0.600. The van der Waals surface area contributed by atoms with Crippen molar-refractivity contribution in [3.8, 4) is 5.75 Å². The minimum atomic E-state index is -0.0272. The first-order chi connectivity index (χ1) is 9.24. The second-order valence-corrected chi connectivity index (χ2v) is 5.00. The number of morpholine rings is 1. The molecular weight excluding hydrogens is 240 g/mol. The van der Waals surface area contributed by atoms with Gasteiger partial charge in [-0.05, 0) is 24.5 Å². The van der Waals surface area contributed by atoms with Gasteiger partial charge in [0.2, 0.25) is 0 Å². The van der Waals surface area contributed by atoms with Crippen LogP contribution in [0.15, 0.2) is 18.2 Å². The highest BCUT2D eigenvalue weighted by molar-refractivity contribution is 5.39. The molecule has 4 heteroatoms. The van der Waals surface area contributed by atoms with Crippen LogP contribution in [0.4, 0.5) is 0 Å². The van der Waals surface area contributed by atoms with E-state index in [0.717, 1.165) is 43.9 Å². The number of aryl methyl sites for hydroxylation is 1. The maximum atomic E-state index is 6.35. The molecule has 0 aliphatic carbocycles. The summed E-state index contributed by atoms with van der Waals surface area (Å²) in [4.78, 5) is 0. The second-order valence-electron chi connectivity index (χ2n) is 5.00. The van der Waals surface area contributed by atoms with E-state index >= 15 is 0 Å². The summed E-state index contributed by atoms with van der Waals surface area (Å²) in [5.74, 6) is 0.876. The van der Waals surface area contributed by atoms with Crippen LogP contribution in [0, 0.1) is 0 Å². The highest BCUT2D eigenvalue weighted by Crippen LogP contribution is 2.28. The molecule has 1 heterocycles. The molecule has 1 aliphatic rings. The van der Waals surface area contributed by atoms with Crippen LogP contribution in [0.5, 0.6) is 5.75 Å². The van der Waals surface area contributed by atoms with Crippen LogP contribution < -0.4 is 15.8 Å². The first kappa shape index (κ1) is 14.3. The molecule has 0 radical (unpaired) electrons. The van der Waals surface area contributed by atoms with Crippen LogP contribution in [-0.4, -0.2) is 32.9 Å².